The van der Waals surface area contributed by atoms with E-state index in [1.165, 1.54) is 0 Å². The molecule has 1 aromatic carbocycles. The minimum absolute atomic E-state index is 0.164. The fourth-order valence-electron chi connectivity index (χ4n) is 2.06. The van der Waals surface area contributed by atoms with Gasteiger partial charge in [-0.15, -0.1) is 0 Å². The Bertz CT molecular complexity index is 372. The Hall–Kier alpha value is -1.35. The molecule has 0 radical (unpaired) electrons. The van der Waals surface area contributed by atoms with Crippen LogP contribution in [0.3, 0.4) is 0 Å². The first kappa shape index (κ1) is 11.1. The van der Waals surface area contributed by atoms with Gasteiger partial charge in [-0.1, -0.05) is 44.2 Å². The van der Waals surface area contributed by atoms with Crippen molar-refractivity contribution in [1.29, 1.82) is 0 Å². The molecular weight excluding hydrogens is 204 g/mol. The van der Waals surface area contributed by atoms with Gasteiger partial charge in [0.25, 0.3) is 0 Å². The first-order valence-corrected chi connectivity index (χ1v) is 5.54. The second-order valence-corrected chi connectivity index (χ2v) is 4.53. The van der Waals surface area contributed by atoms with Gasteiger partial charge in [0, 0.05) is 0 Å². The number of benzene rings is 1. The molecule has 0 aliphatic carbocycles. The average Bonchev–Trinajstić information content (AvgIpc) is 2.26. The van der Waals surface area contributed by atoms with Crippen LogP contribution in [-0.4, -0.2) is 17.2 Å². The molecule has 1 saturated heterocycles. The number of aliphatic hydroxyl groups is 1. The van der Waals surface area contributed by atoms with Crippen LogP contribution in [0.1, 0.15) is 25.5 Å². The molecule has 2 rings (SSSR count). The smallest absolute Gasteiger partial charge is 0.316 e. The van der Waals surface area contributed by atoms with E-state index in [9.17, 15) is 9.90 Å². The van der Waals surface area contributed by atoms with Gasteiger partial charge in [-0.05, 0) is 11.5 Å². The number of ether oxygens (including phenoxy) is 1. The maximum Gasteiger partial charge on any atom is 0.316 e. The fourth-order valence-corrected chi connectivity index (χ4v) is 2.06. The Balaban J connectivity index is 2.15. The van der Waals surface area contributed by atoms with E-state index in [1.807, 2.05) is 44.2 Å². The number of carbonyl (C=O) groups excluding carboxylic acids is 1. The molecule has 0 bridgehead atoms. The molecule has 16 heavy (non-hydrogen) atoms. The van der Waals surface area contributed by atoms with Gasteiger partial charge in [-0.3, -0.25) is 4.79 Å². The van der Waals surface area contributed by atoms with Crippen LogP contribution in [-0.2, 0) is 9.53 Å². The number of carbonyl (C=O) groups is 1. The molecule has 0 spiro atoms. The van der Waals surface area contributed by atoms with E-state index in [1.54, 1.807) is 0 Å². The first-order valence-electron chi connectivity index (χ1n) is 5.54. The van der Waals surface area contributed by atoms with Crippen LogP contribution in [0.4, 0.5) is 0 Å². The number of hydrogen-bond acceptors (Lipinski definition) is 3. The van der Waals surface area contributed by atoms with E-state index in [0.717, 1.165) is 5.56 Å². The molecule has 1 aromatic rings. The van der Waals surface area contributed by atoms with E-state index < -0.39 is 12.0 Å². The van der Waals surface area contributed by atoms with Gasteiger partial charge < -0.3 is 9.84 Å². The maximum atomic E-state index is 11.4. The molecule has 3 atom stereocenters. The van der Waals surface area contributed by atoms with Crippen molar-refractivity contribution in [1.82, 2.24) is 0 Å². The first-order chi connectivity index (χ1) is 7.61. The lowest BCUT2D eigenvalue weighted by atomic mass is 9.82. The van der Waals surface area contributed by atoms with Crippen LogP contribution in [0, 0.1) is 11.8 Å². The largest absolute Gasteiger partial charge is 0.461 e. The Kier molecular flexibility index (Phi) is 2.97. The number of hydrogen-bond donors (Lipinski definition) is 1. The molecule has 1 aliphatic rings. The standard InChI is InChI=1S/C13H16O3/c1-8(2)12-10(13(15)16-12)11(14)9-6-4-3-5-7-9/h3-8,10-12,14H,1-2H3/t10-,11+,12-/m1/s1. The van der Waals surface area contributed by atoms with Crippen molar-refractivity contribution in [2.45, 2.75) is 26.1 Å². The summed E-state index contributed by atoms with van der Waals surface area (Å²) < 4.78 is 5.06. The number of esters is 1. The predicted octanol–water partition coefficient (Wildman–Crippen LogP) is 1.92. The minimum Gasteiger partial charge on any atom is -0.461 e. The number of aliphatic hydroxyl groups excluding tert-OH is 1. The van der Waals surface area contributed by atoms with Crippen LogP contribution in [0.25, 0.3) is 0 Å². The normalized spacial score (nSPS) is 26.1. The molecule has 0 saturated carbocycles. The summed E-state index contributed by atoms with van der Waals surface area (Å²) in [6.07, 6.45) is -0.919. The Morgan fingerprint density at radius 2 is 1.88 bits per heavy atom. The molecule has 1 N–H and O–H groups in total. The van der Waals surface area contributed by atoms with Gasteiger partial charge in [0.1, 0.15) is 12.0 Å². The van der Waals surface area contributed by atoms with Crippen molar-refractivity contribution in [3.63, 3.8) is 0 Å². The van der Waals surface area contributed by atoms with Crippen LogP contribution < -0.4 is 0 Å². The molecular formula is C13H16O3. The highest BCUT2D eigenvalue weighted by molar-refractivity contribution is 5.79. The zero-order valence-electron chi connectivity index (χ0n) is 9.46. The molecule has 3 heteroatoms. The van der Waals surface area contributed by atoms with Crippen molar-refractivity contribution in [3.8, 4) is 0 Å². The quantitative estimate of drug-likeness (QED) is 0.791. The van der Waals surface area contributed by atoms with Gasteiger partial charge in [-0.25, -0.2) is 0 Å². The van der Waals surface area contributed by atoms with E-state index in [-0.39, 0.29) is 18.0 Å². The van der Waals surface area contributed by atoms with Crippen molar-refractivity contribution in [2.24, 2.45) is 11.8 Å². The highest BCUT2D eigenvalue weighted by atomic mass is 16.6. The summed E-state index contributed by atoms with van der Waals surface area (Å²) in [5.74, 6) is -0.474. The van der Waals surface area contributed by atoms with Crippen molar-refractivity contribution in [3.05, 3.63) is 35.9 Å². The molecule has 0 unspecified atom stereocenters. The summed E-state index contributed by atoms with van der Waals surface area (Å²) in [5.41, 5.74) is 0.773. The van der Waals surface area contributed by atoms with E-state index in [4.69, 9.17) is 4.74 Å². The lowest BCUT2D eigenvalue weighted by Crippen LogP contribution is -2.51. The SMILES string of the molecule is CC(C)[C@H]1OC(=O)[C@@H]1[C@@H](O)c1ccccc1. The maximum absolute atomic E-state index is 11.4. The summed E-state index contributed by atoms with van der Waals surface area (Å²) in [5, 5.41) is 10.1. The molecule has 0 aromatic heterocycles. The topological polar surface area (TPSA) is 46.5 Å². The molecule has 1 heterocycles. The second kappa shape index (κ2) is 4.26. The Morgan fingerprint density at radius 3 is 2.38 bits per heavy atom. The van der Waals surface area contributed by atoms with E-state index >= 15 is 0 Å². The van der Waals surface area contributed by atoms with Crippen LogP contribution >= 0.6 is 0 Å². The van der Waals surface area contributed by atoms with E-state index in [2.05, 4.69) is 0 Å². The van der Waals surface area contributed by atoms with Gasteiger partial charge in [-0.2, -0.15) is 0 Å². The van der Waals surface area contributed by atoms with Crippen LogP contribution in [0.5, 0.6) is 0 Å². The Labute approximate surface area is 95.0 Å². The zero-order valence-corrected chi connectivity index (χ0v) is 9.46. The predicted molar refractivity (Wildman–Crippen MR) is 59.6 cm³/mol. The summed E-state index contributed by atoms with van der Waals surface area (Å²) in [7, 11) is 0. The lowest BCUT2D eigenvalue weighted by molar-refractivity contribution is -0.202. The van der Waals surface area contributed by atoms with Gasteiger partial charge in [0.15, 0.2) is 0 Å². The van der Waals surface area contributed by atoms with E-state index in [0.29, 0.717) is 0 Å². The monoisotopic (exact) mass is 220 g/mol. The minimum atomic E-state index is -0.755. The van der Waals surface area contributed by atoms with Crippen molar-refractivity contribution >= 4 is 5.97 Å². The summed E-state index contributed by atoms with van der Waals surface area (Å²) in [4.78, 5) is 11.4. The highest BCUT2D eigenvalue weighted by Crippen LogP contribution is 2.37. The van der Waals surface area contributed by atoms with Crippen molar-refractivity contribution < 1.29 is 14.6 Å². The van der Waals surface area contributed by atoms with Crippen LogP contribution in [0.15, 0.2) is 30.3 Å². The van der Waals surface area contributed by atoms with Gasteiger partial charge in [0.05, 0.1) is 6.10 Å². The van der Waals surface area contributed by atoms with Crippen LogP contribution in [0.2, 0.25) is 0 Å². The summed E-state index contributed by atoms with van der Waals surface area (Å²) in [6.45, 7) is 3.98. The summed E-state index contributed by atoms with van der Waals surface area (Å²) >= 11 is 0. The molecule has 3 nitrogen and oxygen atoms in total. The average molecular weight is 220 g/mol. The number of rotatable bonds is 3. The second-order valence-electron chi connectivity index (χ2n) is 4.53. The molecule has 86 valence electrons. The highest BCUT2D eigenvalue weighted by Gasteiger charge is 2.48. The van der Waals surface area contributed by atoms with Gasteiger partial charge >= 0.3 is 5.97 Å². The fraction of sp³-hybridized carbons (Fsp3) is 0.462. The van der Waals surface area contributed by atoms with Crippen molar-refractivity contribution in [2.75, 3.05) is 0 Å². The number of cyclic esters (lactones) is 1. The zero-order chi connectivity index (χ0) is 11.7. The summed E-state index contributed by atoms with van der Waals surface area (Å²) in [6, 6.07) is 9.25. The Morgan fingerprint density at radius 1 is 1.25 bits per heavy atom. The molecule has 1 fully saturated rings. The third kappa shape index (κ3) is 1.83. The third-order valence-electron chi connectivity index (χ3n) is 3.02. The van der Waals surface area contributed by atoms with Gasteiger partial charge in [0.2, 0.25) is 0 Å². The molecule has 0 amide bonds. The molecule has 1 aliphatic heterocycles. The third-order valence-corrected chi connectivity index (χ3v) is 3.02. The lowest BCUT2D eigenvalue weighted by Gasteiger charge is -2.40.